The van der Waals surface area contributed by atoms with E-state index in [4.69, 9.17) is 12.2 Å². The van der Waals surface area contributed by atoms with Crippen molar-refractivity contribution in [2.45, 2.75) is 13.5 Å². The van der Waals surface area contributed by atoms with Crippen molar-refractivity contribution in [1.82, 2.24) is 19.7 Å². The number of hydrogen-bond acceptors (Lipinski definition) is 4. The summed E-state index contributed by atoms with van der Waals surface area (Å²) >= 11 is 5.34. The van der Waals surface area contributed by atoms with Crippen LogP contribution in [0.25, 0.3) is 23.5 Å². The molecule has 4 aromatic rings. The van der Waals surface area contributed by atoms with Crippen LogP contribution < -0.4 is 5.32 Å². The van der Waals surface area contributed by atoms with Crippen molar-refractivity contribution < 1.29 is 4.79 Å². The predicted molar refractivity (Wildman–Crippen MR) is 126 cm³/mol. The third-order valence-corrected chi connectivity index (χ3v) is 4.95. The van der Waals surface area contributed by atoms with Crippen molar-refractivity contribution in [3.05, 3.63) is 94.5 Å². The molecule has 0 atom stereocenters. The van der Waals surface area contributed by atoms with Crippen LogP contribution in [0.4, 0.5) is 5.69 Å². The first-order chi connectivity index (χ1) is 15.1. The van der Waals surface area contributed by atoms with E-state index in [0.29, 0.717) is 16.3 Å². The highest BCUT2D eigenvalue weighted by atomic mass is 32.1. The van der Waals surface area contributed by atoms with Crippen LogP contribution in [-0.4, -0.2) is 25.7 Å². The molecule has 0 spiro atoms. The van der Waals surface area contributed by atoms with E-state index in [1.54, 1.807) is 10.8 Å². The monoisotopic (exact) mass is 427 g/mol. The molecule has 0 unspecified atom stereocenters. The van der Waals surface area contributed by atoms with Crippen LogP contribution in [0.2, 0.25) is 0 Å². The van der Waals surface area contributed by atoms with Crippen molar-refractivity contribution in [3.63, 3.8) is 0 Å². The quantitative estimate of drug-likeness (QED) is 0.419. The molecular formula is C24H21N5OS. The molecule has 0 radical (unpaired) electrons. The number of carbonyl (C=O) groups excluding carboxylic acids is 1. The summed E-state index contributed by atoms with van der Waals surface area (Å²) in [4.78, 5) is 17.0. The molecule has 0 fully saturated rings. The van der Waals surface area contributed by atoms with Crippen LogP contribution in [0.15, 0.2) is 72.9 Å². The molecule has 2 N–H and O–H groups in total. The topological polar surface area (TPSA) is 75.6 Å². The molecule has 0 bridgehead atoms. The number of pyridine rings is 1. The Morgan fingerprint density at radius 2 is 1.97 bits per heavy atom. The van der Waals surface area contributed by atoms with Gasteiger partial charge in [0.05, 0.1) is 5.69 Å². The standard InChI is InChI=1S/C24H21N5OS/c1-17-6-4-8-19(14-17)23-27-28-24(31)29(23)16-22(30)26-21-10-5-7-18(15-21)11-12-20-9-2-3-13-25-20/h2-15H,16H2,1H3,(H,26,30)(H,28,31)/b12-11+. The van der Waals surface area contributed by atoms with Gasteiger partial charge in [-0.3, -0.25) is 19.4 Å². The normalized spacial score (nSPS) is 11.0. The summed E-state index contributed by atoms with van der Waals surface area (Å²) in [5, 5.41) is 10.0. The Balaban J connectivity index is 1.48. The Kier molecular flexibility index (Phi) is 6.14. The van der Waals surface area contributed by atoms with Gasteiger partial charge in [0.2, 0.25) is 5.91 Å². The Bertz CT molecular complexity index is 1290. The molecule has 4 rings (SSSR count). The number of aryl methyl sites for hydroxylation is 1. The molecule has 2 aromatic heterocycles. The third kappa shape index (κ3) is 5.21. The van der Waals surface area contributed by atoms with Crippen LogP contribution in [0.5, 0.6) is 0 Å². The first-order valence-electron chi connectivity index (χ1n) is 9.80. The van der Waals surface area contributed by atoms with Gasteiger partial charge in [0, 0.05) is 17.4 Å². The summed E-state index contributed by atoms with van der Waals surface area (Å²) < 4.78 is 2.10. The minimum atomic E-state index is -0.183. The summed E-state index contributed by atoms with van der Waals surface area (Å²) in [6, 6.07) is 21.3. The number of aromatic amines is 1. The van der Waals surface area contributed by atoms with Crippen molar-refractivity contribution in [2.75, 3.05) is 5.32 Å². The number of carbonyl (C=O) groups is 1. The second-order valence-corrected chi connectivity index (χ2v) is 7.46. The molecular weight excluding hydrogens is 406 g/mol. The number of amides is 1. The number of anilines is 1. The van der Waals surface area contributed by atoms with E-state index in [9.17, 15) is 4.79 Å². The van der Waals surface area contributed by atoms with E-state index in [1.165, 1.54) is 0 Å². The maximum Gasteiger partial charge on any atom is 0.244 e. The van der Waals surface area contributed by atoms with Crippen molar-refractivity contribution >= 4 is 36.0 Å². The van der Waals surface area contributed by atoms with Gasteiger partial charge in [-0.25, -0.2) is 0 Å². The number of H-pyrrole nitrogens is 1. The van der Waals surface area contributed by atoms with E-state index < -0.39 is 0 Å². The van der Waals surface area contributed by atoms with E-state index in [2.05, 4.69) is 20.5 Å². The van der Waals surface area contributed by atoms with Gasteiger partial charge in [-0.05, 0) is 61.1 Å². The predicted octanol–water partition coefficient (Wildman–Crippen LogP) is 5.12. The zero-order chi connectivity index (χ0) is 21.6. The first kappa shape index (κ1) is 20.4. The minimum Gasteiger partial charge on any atom is -0.325 e. The Morgan fingerprint density at radius 3 is 2.77 bits per heavy atom. The lowest BCUT2D eigenvalue weighted by Gasteiger charge is -2.09. The van der Waals surface area contributed by atoms with E-state index in [0.717, 1.165) is 22.4 Å². The van der Waals surface area contributed by atoms with Gasteiger partial charge in [-0.15, -0.1) is 0 Å². The molecule has 7 heteroatoms. The van der Waals surface area contributed by atoms with Gasteiger partial charge < -0.3 is 5.32 Å². The lowest BCUT2D eigenvalue weighted by molar-refractivity contribution is -0.116. The number of nitrogens with zero attached hydrogens (tertiary/aromatic N) is 3. The van der Waals surface area contributed by atoms with Gasteiger partial charge in [-0.2, -0.15) is 5.10 Å². The first-order valence-corrected chi connectivity index (χ1v) is 10.2. The highest BCUT2D eigenvalue weighted by molar-refractivity contribution is 7.71. The van der Waals surface area contributed by atoms with Gasteiger partial charge in [0.15, 0.2) is 10.6 Å². The molecule has 0 saturated carbocycles. The zero-order valence-electron chi connectivity index (χ0n) is 16.9. The van der Waals surface area contributed by atoms with Crippen LogP contribution in [0, 0.1) is 11.7 Å². The molecule has 0 aliphatic rings. The molecule has 0 aliphatic heterocycles. The maximum atomic E-state index is 12.7. The summed E-state index contributed by atoms with van der Waals surface area (Å²) in [7, 11) is 0. The van der Waals surface area contributed by atoms with Gasteiger partial charge in [-0.1, -0.05) is 48.0 Å². The second-order valence-electron chi connectivity index (χ2n) is 7.07. The average molecular weight is 428 g/mol. The smallest absolute Gasteiger partial charge is 0.244 e. The van der Waals surface area contributed by atoms with Gasteiger partial charge >= 0.3 is 0 Å². The lowest BCUT2D eigenvalue weighted by atomic mass is 10.1. The van der Waals surface area contributed by atoms with Gasteiger partial charge in [0.25, 0.3) is 0 Å². The highest BCUT2D eigenvalue weighted by Gasteiger charge is 2.13. The Labute approximate surface area is 185 Å². The second kappa shape index (κ2) is 9.32. The molecule has 1 amide bonds. The third-order valence-electron chi connectivity index (χ3n) is 4.64. The maximum absolute atomic E-state index is 12.7. The van der Waals surface area contributed by atoms with Crippen molar-refractivity contribution in [1.29, 1.82) is 0 Å². The summed E-state index contributed by atoms with van der Waals surface area (Å²) in [5.74, 6) is 0.452. The SMILES string of the molecule is Cc1cccc(-c2n[nH]c(=S)n2CC(=O)Nc2cccc(/C=C/c3ccccn3)c2)c1. The Morgan fingerprint density at radius 1 is 1.10 bits per heavy atom. The van der Waals surface area contributed by atoms with E-state index >= 15 is 0 Å². The number of rotatable bonds is 6. The number of aromatic nitrogens is 4. The summed E-state index contributed by atoms with van der Waals surface area (Å²) in [6.07, 6.45) is 5.64. The van der Waals surface area contributed by atoms with Crippen LogP contribution in [0.1, 0.15) is 16.8 Å². The summed E-state index contributed by atoms with van der Waals surface area (Å²) in [6.45, 7) is 2.07. The molecule has 154 valence electrons. The highest BCUT2D eigenvalue weighted by Crippen LogP contribution is 2.19. The fraction of sp³-hybridized carbons (Fsp3) is 0.0833. The molecule has 2 aromatic carbocycles. The number of hydrogen-bond donors (Lipinski definition) is 2. The lowest BCUT2D eigenvalue weighted by Crippen LogP contribution is -2.19. The van der Waals surface area contributed by atoms with E-state index in [-0.39, 0.29) is 12.5 Å². The van der Waals surface area contributed by atoms with Crippen molar-refractivity contribution in [2.24, 2.45) is 0 Å². The van der Waals surface area contributed by atoms with E-state index in [1.807, 2.05) is 85.8 Å². The summed E-state index contributed by atoms with van der Waals surface area (Å²) in [5.41, 5.74) is 4.55. The fourth-order valence-electron chi connectivity index (χ4n) is 3.19. The minimum absolute atomic E-state index is 0.0621. The van der Waals surface area contributed by atoms with Crippen LogP contribution >= 0.6 is 12.2 Å². The average Bonchev–Trinajstić information content (AvgIpc) is 3.13. The molecule has 0 saturated heterocycles. The largest absolute Gasteiger partial charge is 0.325 e. The van der Waals surface area contributed by atoms with Crippen LogP contribution in [-0.2, 0) is 11.3 Å². The molecule has 31 heavy (non-hydrogen) atoms. The molecule has 0 aliphatic carbocycles. The Hall–Kier alpha value is -3.84. The van der Waals surface area contributed by atoms with Crippen molar-refractivity contribution in [3.8, 4) is 11.4 Å². The molecule has 6 nitrogen and oxygen atoms in total. The molecule has 2 heterocycles. The fourth-order valence-corrected chi connectivity index (χ4v) is 3.39. The van der Waals surface area contributed by atoms with Gasteiger partial charge in [0.1, 0.15) is 6.54 Å². The number of benzene rings is 2. The van der Waals surface area contributed by atoms with Crippen LogP contribution in [0.3, 0.4) is 0 Å². The number of nitrogens with one attached hydrogen (secondary N) is 2. The zero-order valence-corrected chi connectivity index (χ0v) is 17.8.